The van der Waals surface area contributed by atoms with Crippen LogP contribution in [0, 0.1) is 20.8 Å². The van der Waals surface area contributed by atoms with E-state index in [1.165, 1.54) is 21.5 Å². The molecule has 1 aliphatic rings. The zero-order chi connectivity index (χ0) is 16.1. The average Bonchev–Trinajstić information content (AvgIpc) is 3.00. The van der Waals surface area contributed by atoms with Crippen LogP contribution in [-0.4, -0.2) is 35.6 Å². The van der Waals surface area contributed by atoms with Gasteiger partial charge in [-0.2, -0.15) is 9.61 Å². The van der Waals surface area contributed by atoms with Gasteiger partial charge in [-0.05, 0) is 20.8 Å². The number of hydrogen-bond donors (Lipinski definition) is 0. The topological polar surface area (TPSA) is 68.3 Å². The van der Waals surface area contributed by atoms with Crippen molar-refractivity contribution in [3.8, 4) is 0 Å². The lowest BCUT2D eigenvalue weighted by molar-refractivity contribution is 0.205. The Morgan fingerprint density at radius 2 is 2.04 bits per heavy atom. The number of nitrogens with zero attached hydrogens (tertiary/aromatic N) is 6. The standard InChI is InChI=1S/C15H18N6OS/c1-9-10(2)20-5-4-19(8-13(20)16-9)7-12-6-14(22)21-15(17-12)23-11(3)18-21/h6H,4-5,7-8H2,1-3H3. The van der Waals surface area contributed by atoms with Gasteiger partial charge in [0.05, 0.1) is 17.9 Å². The van der Waals surface area contributed by atoms with Crippen LogP contribution < -0.4 is 5.56 Å². The van der Waals surface area contributed by atoms with Gasteiger partial charge >= 0.3 is 0 Å². The van der Waals surface area contributed by atoms with Crippen molar-refractivity contribution in [3.63, 3.8) is 0 Å². The van der Waals surface area contributed by atoms with Crippen LogP contribution in [0.1, 0.15) is 27.9 Å². The third-order valence-electron chi connectivity index (χ3n) is 4.33. The van der Waals surface area contributed by atoms with E-state index in [9.17, 15) is 4.79 Å². The quantitative estimate of drug-likeness (QED) is 0.708. The van der Waals surface area contributed by atoms with Gasteiger partial charge in [-0.1, -0.05) is 11.3 Å². The maximum absolute atomic E-state index is 12.1. The molecule has 0 aromatic carbocycles. The molecule has 0 unspecified atom stereocenters. The molecular weight excluding hydrogens is 312 g/mol. The highest BCUT2D eigenvalue weighted by Crippen LogP contribution is 2.18. The Bertz CT molecular complexity index is 953. The molecule has 3 aromatic rings. The largest absolute Gasteiger partial charge is 0.330 e. The Morgan fingerprint density at radius 3 is 2.87 bits per heavy atom. The summed E-state index contributed by atoms with van der Waals surface area (Å²) in [6.45, 7) is 9.37. The van der Waals surface area contributed by atoms with Crippen molar-refractivity contribution in [2.45, 2.75) is 40.4 Å². The fraction of sp³-hybridized carbons (Fsp3) is 0.467. The number of hydrogen-bond acceptors (Lipinski definition) is 6. The first kappa shape index (κ1) is 14.5. The Balaban J connectivity index is 1.60. The molecule has 4 heterocycles. The van der Waals surface area contributed by atoms with Gasteiger partial charge in [0.1, 0.15) is 10.8 Å². The second kappa shape index (κ2) is 5.24. The molecule has 0 fully saturated rings. The Morgan fingerprint density at radius 1 is 1.22 bits per heavy atom. The second-order valence-electron chi connectivity index (χ2n) is 5.96. The molecule has 0 amide bonds. The van der Waals surface area contributed by atoms with E-state index in [0.29, 0.717) is 11.5 Å². The molecule has 0 saturated carbocycles. The average molecular weight is 330 g/mol. The minimum absolute atomic E-state index is 0.112. The maximum atomic E-state index is 12.1. The van der Waals surface area contributed by atoms with Gasteiger partial charge in [-0.15, -0.1) is 0 Å². The summed E-state index contributed by atoms with van der Waals surface area (Å²) < 4.78 is 3.66. The van der Waals surface area contributed by atoms with Gasteiger partial charge in [-0.25, -0.2) is 9.97 Å². The van der Waals surface area contributed by atoms with Gasteiger partial charge < -0.3 is 4.57 Å². The molecule has 0 atom stereocenters. The van der Waals surface area contributed by atoms with E-state index >= 15 is 0 Å². The van der Waals surface area contributed by atoms with Crippen molar-refractivity contribution in [3.05, 3.63) is 44.3 Å². The molecule has 23 heavy (non-hydrogen) atoms. The first-order valence-electron chi connectivity index (χ1n) is 7.62. The first-order chi connectivity index (χ1) is 11.0. The van der Waals surface area contributed by atoms with E-state index < -0.39 is 0 Å². The third kappa shape index (κ3) is 2.47. The second-order valence-corrected chi connectivity index (χ2v) is 7.12. The van der Waals surface area contributed by atoms with Crippen molar-refractivity contribution in [1.82, 2.24) is 29.0 Å². The van der Waals surface area contributed by atoms with Crippen LogP contribution in [0.4, 0.5) is 0 Å². The van der Waals surface area contributed by atoms with Crippen LogP contribution in [0.2, 0.25) is 0 Å². The molecular formula is C15H18N6OS. The summed E-state index contributed by atoms with van der Waals surface area (Å²) in [6.07, 6.45) is 0. The lowest BCUT2D eigenvalue weighted by Crippen LogP contribution is -2.34. The zero-order valence-electron chi connectivity index (χ0n) is 13.4. The van der Waals surface area contributed by atoms with Gasteiger partial charge in [0.15, 0.2) is 0 Å². The first-order valence-corrected chi connectivity index (χ1v) is 8.44. The summed E-state index contributed by atoms with van der Waals surface area (Å²) in [5.74, 6) is 1.10. The Hall–Kier alpha value is -2.06. The highest BCUT2D eigenvalue weighted by atomic mass is 32.1. The lowest BCUT2D eigenvalue weighted by Gasteiger charge is -2.27. The molecule has 0 N–H and O–H groups in total. The number of aryl methyl sites for hydroxylation is 2. The SMILES string of the molecule is Cc1nn2c(=O)cc(CN3CCn4c(nc(C)c4C)C3)nc2s1. The molecule has 8 heteroatoms. The van der Waals surface area contributed by atoms with Gasteiger partial charge in [0.2, 0.25) is 4.96 Å². The molecule has 0 bridgehead atoms. The molecule has 7 nitrogen and oxygen atoms in total. The summed E-state index contributed by atoms with van der Waals surface area (Å²) in [6, 6.07) is 1.59. The van der Waals surface area contributed by atoms with Crippen molar-refractivity contribution < 1.29 is 0 Å². The Kier molecular flexibility index (Phi) is 3.31. The molecule has 0 radical (unpaired) electrons. The van der Waals surface area contributed by atoms with Crippen molar-refractivity contribution in [2.24, 2.45) is 0 Å². The predicted octanol–water partition coefficient (Wildman–Crippen LogP) is 1.29. The summed E-state index contributed by atoms with van der Waals surface area (Å²) in [5.41, 5.74) is 3.03. The summed E-state index contributed by atoms with van der Waals surface area (Å²) >= 11 is 1.44. The minimum Gasteiger partial charge on any atom is -0.330 e. The van der Waals surface area contributed by atoms with E-state index in [4.69, 9.17) is 0 Å². The lowest BCUT2D eigenvalue weighted by atomic mass is 10.3. The van der Waals surface area contributed by atoms with E-state index in [1.54, 1.807) is 6.07 Å². The molecule has 0 saturated heterocycles. The fourth-order valence-corrected chi connectivity index (χ4v) is 3.83. The van der Waals surface area contributed by atoms with E-state index in [1.807, 2.05) is 13.8 Å². The smallest absolute Gasteiger partial charge is 0.275 e. The summed E-state index contributed by atoms with van der Waals surface area (Å²) in [7, 11) is 0. The minimum atomic E-state index is -0.112. The summed E-state index contributed by atoms with van der Waals surface area (Å²) in [5, 5.41) is 5.02. The maximum Gasteiger partial charge on any atom is 0.275 e. The monoisotopic (exact) mass is 330 g/mol. The number of aromatic nitrogens is 5. The molecule has 120 valence electrons. The number of rotatable bonds is 2. The van der Waals surface area contributed by atoms with Gasteiger partial charge in [0, 0.05) is 31.4 Å². The van der Waals surface area contributed by atoms with E-state index in [2.05, 4.69) is 31.5 Å². The predicted molar refractivity (Wildman–Crippen MR) is 87.7 cm³/mol. The van der Waals surface area contributed by atoms with Crippen molar-refractivity contribution >= 4 is 16.3 Å². The highest BCUT2D eigenvalue weighted by molar-refractivity contribution is 7.16. The van der Waals surface area contributed by atoms with Crippen LogP contribution in [0.5, 0.6) is 0 Å². The normalized spacial score (nSPS) is 15.3. The Labute approximate surface area is 137 Å². The molecule has 4 rings (SSSR count). The zero-order valence-corrected chi connectivity index (χ0v) is 14.2. The van der Waals surface area contributed by atoms with E-state index in [0.717, 1.165) is 41.9 Å². The van der Waals surface area contributed by atoms with Crippen LogP contribution in [-0.2, 0) is 19.6 Å². The van der Waals surface area contributed by atoms with Crippen LogP contribution in [0.25, 0.3) is 4.96 Å². The van der Waals surface area contributed by atoms with Crippen molar-refractivity contribution in [1.29, 1.82) is 0 Å². The fourth-order valence-electron chi connectivity index (χ4n) is 3.06. The van der Waals surface area contributed by atoms with Crippen molar-refractivity contribution in [2.75, 3.05) is 6.54 Å². The molecule has 0 spiro atoms. The number of fused-ring (bicyclic) bond motifs is 2. The molecule has 3 aromatic heterocycles. The van der Waals surface area contributed by atoms with Gasteiger partial charge in [0.25, 0.3) is 5.56 Å². The summed E-state index contributed by atoms with van der Waals surface area (Å²) in [4.78, 5) is 24.3. The number of imidazole rings is 1. The van der Waals surface area contributed by atoms with E-state index in [-0.39, 0.29) is 5.56 Å². The molecule has 0 aliphatic carbocycles. The van der Waals surface area contributed by atoms with Crippen LogP contribution >= 0.6 is 11.3 Å². The van der Waals surface area contributed by atoms with Crippen LogP contribution in [0.15, 0.2) is 10.9 Å². The van der Waals surface area contributed by atoms with Gasteiger partial charge in [-0.3, -0.25) is 9.69 Å². The molecule has 1 aliphatic heterocycles. The third-order valence-corrected chi connectivity index (χ3v) is 5.15. The van der Waals surface area contributed by atoms with Crippen LogP contribution in [0.3, 0.4) is 0 Å². The highest BCUT2D eigenvalue weighted by Gasteiger charge is 2.21.